The van der Waals surface area contributed by atoms with Gasteiger partial charge in [-0.1, -0.05) is 6.07 Å². The smallest absolute Gasteiger partial charge is 0.106 e. The molecular weight excluding hydrogens is 209 g/mol. The number of aryl methyl sites for hydroxylation is 1. The molecule has 1 atom stereocenters. The lowest BCUT2D eigenvalue weighted by Crippen LogP contribution is -1.88. The zero-order valence-corrected chi connectivity index (χ0v) is 8.51. The maximum Gasteiger partial charge on any atom is 0.106 e. The Balaban J connectivity index is 3.07. The number of pyridine rings is 1. The van der Waals surface area contributed by atoms with Crippen LogP contribution in [0.15, 0.2) is 16.7 Å². The van der Waals surface area contributed by atoms with Crippen molar-refractivity contribution in [1.82, 2.24) is 4.98 Å². The second-order valence-corrected chi connectivity index (χ2v) is 3.30. The first-order valence-electron chi connectivity index (χ1n) is 3.06. The summed E-state index contributed by atoms with van der Waals surface area (Å²) < 4.78 is 0.909. The zero-order valence-electron chi connectivity index (χ0n) is 5.76. The Labute approximate surface area is 71.6 Å². The van der Waals surface area contributed by atoms with Crippen LogP contribution in [0.3, 0.4) is 0 Å². The van der Waals surface area contributed by atoms with Crippen LogP contribution in [0.4, 0.5) is 0 Å². The molecule has 0 aliphatic rings. The van der Waals surface area contributed by atoms with E-state index in [9.17, 15) is 0 Å². The zero-order chi connectivity index (χ0) is 7.56. The molecule has 0 aromatic carbocycles. The van der Waals surface area contributed by atoms with E-state index in [1.807, 2.05) is 13.0 Å². The Morgan fingerprint density at radius 2 is 2.30 bits per heavy atom. The summed E-state index contributed by atoms with van der Waals surface area (Å²) in [6, 6.07) is 4.05. The summed E-state index contributed by atoms with van der Waals surface area (Å²) in [6.07, 6.45) is 0.978. The number of hydrogen-bond donors (Lipinski definition) is 0. The van der Waals surface area contributed by atoms with Crippen LogP contribution in [-0.4, -0.2) is 4.98 Å². The van der Waals surface area contributed by atoms with E-state index in [4.69, 9.17) is 0 Å². The molecule has 1 heterocycles. The minimum Gasteiger partial charge on any atom is -0.246 e. The van der Waals surface area contributed by atoms with Gasteiger partial charge in [0.2, 0.25) is 0 Å². The van der Waals surface area contributed by atoms with Crippen molar-refractivity contribution < 1.29 is 0 Å². The summed E-state index contributed by atoms with van der Waals surface area (Å²) in [5.74, 6) is 0. The van der Waals surface area contributed by atoms with E-state index in [0.717, 1.165) is 16.5 Å². The van der Waals surface area contributed by atoms with E-state index in [0.29, 0.717) is 0 Å². The van der Waals surface area contributed by atoms with Gasteiger partial charge in [0, 0.05) is 5.69 Å². The fraction of sp³-hybridized carbons (Fsp3) is 0.286. The minimum absolute atomic E-state index is 0.909. The molecule has 1 unspecified atom stereocenters. The van der Waals surface area contributed by atoms with Gasteiger partial charge in [-0.3, -0.25) is 0 Å². The Morgan fingerprint density at radius 3 is 2.80 bits per heavy atom. The molecule has 54 valence electrons. The molecule has 0 N–H and O–H groups in total. The molecule has 0 radical (unpaired) electrons. The first-order valence-corrected chi connectivity index (χ1v) is 4.67. The first kappa shape index (κ1) is 8.16. The van der Waals surface area contributed by atoms with Gasteiger partial charge in [0.05, 0.1) is 0 Å². The molecule has 1 rings (SSSR count). The lowest BCUT2D eigenvalue weighted by atomic mass is 10.2. The molecule has 10 heavy (non-hydrogen) atoms. The van der Waals surface area contributed by atoms with Crippen LogP contribution in [0, 0.1) is 6.92 Å². The van der Waals surface area contributed by atoms with Crippen LogP contribution in [0.5, 0.6) is 0 Å². The fourth-order valence-electron chi connectivity index (χ4n) is 0.775. The van der Waals surface area contributed by atoms with Crippen LogP contribution in [0.2, 0.25) is 0 Å². The number of hydrogen-bond acceptors (Lipinski definition) is 1. The van der Waals surface area contributed by atoms with Gasteiger partial charge < -0.3 is 0 Å². The van der Waals surface area contributed by atoms with E-state index >= 15 is 0 Å². The molecule has 1 aromatic rings. The molecule has 3 heteroatoms. The highest BCUT2D eigenvalue weighted by Gasteiger charge is 1.95. The maximum absolute atomic E-state index is 4.25. The number of halogens is 1. The number of nitrogens with zero attached hydrogens (tertiary/aromatic N) is 1. The van der Waals surface area contributed by atoms with Crippen LogP contribution in [0.25, 0.3) is 0 Å². The summed E-state index contributed by atoms with van der Waals surface area (Å²) in [5, 5.41) is 0. The Kier molecular flexibility index (Phi) is 2.82. The quantitative estimate of drug-likeness (QED) is 0.521. The summed E-state index contributed by atoms with van der Waals surface area (Å²) in [5.41, 5.74) is 2.39. The van der Waals surface area contributed by atoms with Crippen molar-refractivity contribution in [2.24, 2.45) is 0 Å². The van der Waals surface area contributed by atoms with E-state index in [-0.39, 0.29) is 0 Å². The SMILES string of the molecule is Cc1nc(Br)ccc1CP. The second kappa shape index (κ2) is 3.45. The predicted molar refractivity (Wildman–Crippen MR) is 50.1 cm³/mol. The van der Waals surface area contributed by atoms with Crippen molar-refractivity contribution in [3.05, 3.63) is 28.0 Å². The van der Waals surface area contributed by atoms with Crippen LogP contribution in [0.1, 0.15) is 11.3 Å². The van der Waals surface area contributed by atoms with Gasteiger partial charge in [0.25, 0.3) is 0 Å². The summed E-state index contributed by atoms with van der Waals surface area (Å²) in [4.78, 5) is 4.25. The number of aromatic nitrogens is 1. The molecule has 0 saturated heterocycles. The van der Waals surface area contributed by atoms with Gasteiger partial charge in [-0.25, -0.2) is 4.98 Å². The maximum atomic E-state index is 4.25. The highest BCUT2D eigenvalue weighted by Crippen LogP contribution is 2.13. The number of rotatable bonds is 1. The van der Waals surface area contributed by atoms with Crippen molar-refractivity contribution >= 4 is 25.2 Å². The van der Waals surface area contributed by atoms with Crippen molar-refractivity contribution in [3.63, 3.8) is 0 Å². The average molecular weight is 218 g/mol. The van der Waals surface area contributed by atoms with E-state index in [1.54, 1.807) is 0 Å². The summed E-state index contributed by atoms with van der Waals surface area (Å²) in [6.45, 7) is 2.02. The molecule has 0 amide bonds. The molecule has 0 aliphatic heterocycles. The largest absolute Gasteiger partial charge is 0.246 e. The van der Waals surface area contributed by atoms with E-state index in [2.05, 4.69) is 36.2 Å². The highest BCUT2D eigenvalue weighted by atomic mass is 79.9. The van der Waals surface area contributed by atoms with Gasteiger partial charge in [0.1, 0.15) is 4.60 Å². The molecule has 0 bridgehead atoms. The first-order chi connectivity index (χ1) is 4.74. The van der Waals surface area contributed by atoms with Crippen molar-refractivity contribution in [1.29, 1.82) is 0 Å². The Bertz CT molecular complexity index is 237. The topological polar surface area (TPSA) is 12.9 Å². The summed E-state index contributed by atoms with van der Waals surface area (Å²) in [7, 11) is 2.69. The lowest BCUT2D eigenvalue weighted by molar-refractivity contribution is 1.11. The van der Waals surface area contributed by atoms with Crippen molar-refractivity contribution in [3.8, 4) is 0 Å². The van der Waals surface area contributed by atoms with Gasteiger partial charge >= 0.3 is 0 Å². The predicted octanol–water partition coefficient (Wildman–Crippen LogP) is 2.53. The molecule has 0 saturated carbocycles. The molecule has 1 aromatic heterocycles. The Morgan fingerprint density at radius 1 is 1.60 bits per heavy atom. The van der Waals surface area contributed by atoms with Gasteiger partial charge in [0.15, 0.2) is 0 Å². The normalized spacial score (nSPS) is 9.90. The van der Waals surface area contributed by atoms with Crippen LogP contribution in [-0.2, 0) is 6.16 Å². The summed E-state index contributed by atoms with van der Waals surface area (Å²) >= 11 is 3.31. The van der Waals surface area contributed by atoms with E-state index in [1.165, 1.54) is 5.56 Å². The van der Waals surface area contributed by atoms with Gasteiger partial charge in [-0.15, -0.1) is 9.24 Å². The second-order valence-electron chi connectivity index (χ2n) is 2.08. The monoisotopic (exact) mass is 217 g/mol. The third-order valence-electron chi connectivity index (χ3n) is 1.38. The van der Waals surface area contributed by atoms with Crippen molar-refractivity contribution in [2.45, 2.75) is 13.1 Å². The third-order valence-corrected chi connectivity index (χ3v) is 2.26. The molecule has 0 aliphatic carbocycles. The Hall–Kier alpha value is 0.0600. The molecular formula is C7H9BrNP. The fourth-order valence-corrected chi connectivity index (χ4v) is 1.60. The lowest BCUT2D eigenvalue weighted by Gasteiger charge is -2.00. The van der Waals surface area contributed by atoms with E-state index < -0.39 is 0 Å². The van der Waals surface area contributed by atoms with Crippen LogP contribution < -0.4 is 0 Å². The molecule has 0 spiro atoms. The molecule has 0 fully saturated rings. The average Bonchev–Trinajstić information content (AvgIpc) is 1.88. The van der Waals surface area contributed by atoms with Gasteiger partial charge in [-0.2, -0.15) is 0 Å². The van der Waals surface area contributed by atoms with Gasteiger partial charge in [-0.05, 0) is 40.6 Å². The van der Waals surface area contributed by atoms with Crippen LogP contribution >= 0.6 is 25.2 Å². The third kappa shape index (κ3) is 1.77. The highest BCUT2D eigenvalue weighted by molar-refractivity contribution is 9.10. The standard InChI is InChI=1S/C7H9BrNP/c1-5-6(4-10)2-3-7(8)9-5/h2-3H,4,10H2,1H3. The van der Waals surface area contributed by atoms with Crippen molar-refractivity contribution in [2.75, 3.05) is 0 Å². The minimum atomic E-state index is 0.909. The molecule has 1 nitrogen and oxygen atoms in total.